The molecule has 0 fully saturated rings. The van der Waals surface area contributed by atoms with Crippen LogP contribution in [0.25, 0.3) is 11.1 Å². The van der Waals surface area contributed by atoms with Crippen molar-refractivity contribution in [1.29, 1.82) is 0 Å². The van der Waals surface area contributed by atoms with Gasteiger partial charge in [-0.15, -0.1) is 0 Å². The van der Waals surface area contributed by atoms with Crippen molar-refractivity contribution >= 4 is 11.4 Å². The minimum atomic E-state index is -0.847. The number of ether oxygens (including phenoxy) is 2. The molecular formula is C17H22N2O4. The summed E-state index contributed by atoms with van der Waals surface area (Å²) in [5.74, 6) is 1.31. The fraction of sp³-hybridized carbons (Fsp3) is 0.294. The van der Waals surface area contributed by atoms with Crippen molar-refractivity contribution in [2.45, 2.75) is 6.10 Å². The fourth-order valence-electron chi connectivity index (χ4n) is 2.33. The summed E-state index contributed by atoms with van der Waals surface area (Å²) < 4.78 is 10.9. The van der Waals surface area contributed by atoms with Gasteiger partial charge in [0.25, 0.3) is 0 Å². The zero-order valence-corrected chi connectivity index (χ0v) is 13.2. The van der Waals surface area contributed by atoms with Crippen LogP contribution in [0.4, 0.5) is 11.4 Å². The third-order valence-electron chi connectivity index (χ3n) is 3.48. The zero-order valence-electron chi connectivity index (χ0n) is 13.2. The van der Waals surface area contributed by atoms with Gasteiger partial charge in [0, 0.05) is 23.5 Å². The molecule has 0 saturated carbocycles. The zero-order chi connectivity index (χ0) is 16.8. The molecule has 2 aromatic carbocycles. The third kappa shape index (κ3) is 3.85. The molecule has 6 heteroatoms. The van der Waals surface area contributed by atoms with Crippen LogP contribution in [-0.4, -0.2) is 43.7 Å². The summed E-state index contributed by atoms with van der Waals surface area (Å²) in [5, 5.41) is 21.6. The van der Waals surface area contributed by atoms with Gasteiger partial charge >= 0.3 is 0 Å². The van der Waals surface area contributed by atoms with E-state index in [0.29, 0.717) is 17.2 Å². The van der Waals surface area contributed by atoms with Gasteiger partial charge in [-0.25, -0.2) is 0 Å². The van der Waals surface area contributed by atoms with Crippen molar-refractivity contribution in [3.05, 3.63) is 36.4 Å². The van der Waals surface area contributed by atoms with Crippen molar-refractivity contribution < 1.29 is 19.7 Å². The third-order valence-corrected chi connectivity index (χ3v) is 3.48. The average Bonchev–Trinajstić information content (AvgIpc) is 2.59. The molecule has 2 rings (SSSR count). The summed E-state index contributed by atoms with van der Waals surface area (Å²) in [4.78, 5) is 0. The Hall–Kier alpha value is -2.44. The van der Waals surface area contributed by atoms with E-state index in [1.54, 1.807) is 20.3 Å². The predicted octanol–water partition coefficient (Wildman–Crippen LogP) is 1.72. The van der Waals surface area contributed by atoms with Crippen LogP contribution >= 0.6 is 0 Å². The van der Waals surface area contributed by atoms with E-state index >= 15 is 0 Å². The Bertz CT molecular complexity index is 639. The molecule has 0 spiro atoms. The standard InChI is InChI=1S/C17H22N2O4/c1-22-15-4-3-5-16(23-2)17(15)13-8-11(18)6-7-14(13)19-9-12(21)10-20/h3-8,12,19-21H,9-10,18H2,1-2H3. The van der Waals surface area contributed by atoms with Gasteiger partial charge in [-0.1, -0.05) is 6.07 Å². The Morgan fingerprint density at radius 1 is 1.13 bits per heavy atom. The molecule has 0 heterocycles. The summed E-state index contributed by atoms with van der Waals surface area (Å²) in [6.07, 6.45) is -0.847. The lowest BCUT2D eigenvalue weighted by Gasteiger charge is -2.18. The number of aliphatic hydroxyl groups is 2. The van der Waals surface area contributed by atoms with Gasteiger partial charge < -0.3 is 30.7 Å². The number of nitrogens with two attached hydrogens (primary N) is 1. The monoisotopic (exact) mass is 318 g/mol. The van der Waals surface area contributed by atoms with Gasteiger partial charge in [0.2, 0.25) is 0 Å². The van der Waals surface area contributed by atoms with Crippen molar-refractivity contribution in [1.82, 2.24) is 0 Å². The predicted molar refractivity (Wildman–Crippen MR) is 91.0 cm³/mol. The lowest BCUT2D eigenvalue weighted by Crippen LogP contribution is -2.23. The lowest BCUT2D eigenvalue weighted by molar-refractivity contribution is 0.105. The molecule has 124 valence electrons. The van der Waals surface area contributed by atoms with Gasteiger partial charge in [0.15, 0.2) is 0 Å². The van der Waals surface area contributed by atoms with Crippen molar-refractivity contribution in [2.75, 3.05) is 38.4 Å². The highest BCUT2D eigenvalue weighted by Crippen LogP contribution is 2.42. The number of nitrogen functional groups attached to an aromatic ring is 1. The summed E-state index contributed by atoms with van der Waals surface area (Å²) in [5.41, 5.74) is 8.85. The van der Waals surface area contributed by atoms with Crippen LogP contribution in [0.2, 0.25) is 0 Å². The molecule has 0 saturated heterocycles. The molecule has 1 atom stereocenters. The van der Waals surface area contributed by atoms with Crippen LogP contribution in [0.3, 0.4) is 0 Å². The van der Waals surface area contributed by atoms with E-state index in [-0.39, 0.29) is 13.2 Å². The Labute approximate surface area is 135 Å². The number of methoxy groups -OCH3 is 2. The minimum absolute atomic E-state index is 0.213. The maximum Gasteiger partial charge on any atom is 0.130 e. The molecule has 0 aliphatic heterocycles. The molecular weight excluding hydrogens is 296 g/mol. The minimum Gasteiger partial charge on any atom is -0.496 e. The maximum atomic E-state index is 9.55. The van der Waals surface area contributed by atoms with Crippen LogP contribution in [0.5, 0.6) is 11.5 Å². The van der Waals surface area contributed by atoms with Crippen LogP contribution in [-0.2, 0) is 0 Å². The number of hydrogen-bond acceptors (Lipinski definition) is 6. The Kier molecular flexibility index (Phi) is 5.67. The SMILES string of the molecule is COc1cccc(OC)c1-c1cc(N)ccc1NCC(O)CO. The number of anilines is 2. The molecule has 6 nitrogen and oxygen atoms in total. The summed E-state index contributed by atoms with van der Waals surface area (Å²) >= 11 is 0. The number of benzene rings is 2. The normalized spacial score (nSPS) is 11.8. The van der Waals surface area contributed by atoms with Gasteiger partial charge in [0.05, 0.1) is 32.5 Å². The summed E-state index contributed by atoms with van der Waals surface area (Å²) in [6, 6.07) is 10.9. The van der Waals surface area contributed by atoms with Crippen molar-refractivity contribution in [3.63, 3.8) is 0 Å². The number of nitrogens with one attached hydrogen (secondary N) is 1. The fourth-order valence-corrected chi connectivity index (χ4v) is 2.33. The van der Waals surface area contributed by atoms with Crippen LogP contribution in [0, 0.1) is 0 Å². The maximum absolute atomic E-state index is 9.55. The van der Waals surface area contributed by atoms with Crippen LogP contribution in [0.1, 0.15) is 0 Å². The Morgan fingerprint density at radius 3 is 2.35 bits per heavy atom. The smallest absolute Gasteiger partial charge is 0.130 e. The van der Waals surface area contributed by atoms with Gasteiger partial charge in [-0.05, 0) is 30.3 Å². The lowest BCUT2D eigenvalue weighted by atomic mass is 10.0. The first-order valence-electron chi connectivity index (χ1n) is 7.24. The largest absolute Gasteiger partial charge is 0.496 e. The molecule has 0 aromatic heterocycles. The molecule has 2 aromatic rings. The molecule has 0 amide bonds. The van der Waals surface area contributed by atoms with Gasteiger partial charge in [-0.2, -0.15) is 0 Å². The molecule has 0 aliphatic carbocycles. The van der Waals surface area contributed by atoms with E-state index in [4.69, 9.17) is 20.3 Å². The van der Waals surface area contributed by atoms with E-state index in [1.165, 1.54) is 0 Å². The molecule has 0 aliphatic rings. The van der Waals surface area contributed by atoms with Crippen LogP contribution < -0.4 is 20.5 Å². The van der Waals surface area contributed by atoms with E-state index in [9.17, 15) is 5.11 Å². The average molecular weight is 318 g/mol. The van der Waals surface area contributed by atoms with E-state index in [2.05, 4.69) is 5.32 Å². The topological polar surface area (TPSA) is 97.0 Å². The second-order valence-corrected chi connectivity index (χ2v) is 5.06. The molecule has 23 heavy (non-hydrogen) atoms. The van der Waals surface area contributed by atoms with E-state index in [0.717, 1.165) is 16.8 Å². The molecule has 5 N–H and O–H groups in total. The number of aliphatic hydroxyl groups excluding tert-OH is 2. The second-order valence-electron chi connectivity index (χ2n) is 5.06. The van der Waals surface area contributed by atoms with Crippen LogP contribution in [0.15, 0.2) is 36.4 Å². The summed E-state index contributed by atoms with van der Waals surface area (Å²) in [6.45, 7) is -0.0971. The molecule has 0 radical (unpaired) electrons. The van der Waals surface area contributed by atoms with Crippen molar-refractivity contribution in [3.8, 4) is 22.6 Å². The first-order chi connectivity index (χ1) is 11.1. The summed E-state index contributed by atoms with van der Waals surface area (Å²) in [7, 11) is 3.18. The molecule has 1 unspecified atom stereocenters. The van der Waals surface area contributed by atoms with Gasteiger partial charge in [-0.3, -0.25) is 0 Å². The number of rotatable bonds is 7. The first kappa shape index (κ1) is 16.9. The highest BCUT2D eigenvalue weighted by Gasteiger charge is 2.16. The second kappa shape index (κ2) is 7.71. The van der Waals surface area contributed by atoms with Crippen molar-refractivity contribution in [2.24, 2.45) is 0 Å². The quantitative estimate of drug-likeness (QED) is 0.580. The Balaban J connectivity index is 2.52. The van der Waals surface area contributed by atoms with E-state index < -0.39 is 6.10 Å². The van der Waals surface area contributed by atoms with Gasteiger partial charge in [0.1, 0.15) is 11.5 Å². The Morgan fingerprint density at radius 2 is 1.78 bits per heavy atom. The number of hydrogen-bond donors (Lipinski definition) is 4. The first-order valence-corrected chi connectivity index (χ1v) is 7.24. The molecule has 0 bridgehead atoms. The van der Waals surface area contributed by atoms with E-state index in [1.807, 2.05) is 30.3 Å². The highest BCUT2D eigenvalue weighted by molar-refractivity contribution is 5.87. The highest BCUT2D eigenvalue weighted by atomic mass is 16.5.